The number of ketones is 1. The molecule has 1 unspecified atom stereocenters. The van der Waals surface area contributed by atoms with Gasteiger partial charge in [-0.25, -0.2) is 0 Å². The van der Waals surface area contributed by atoms with Gasteiger partial charge in [0.25, 0.3) is 0 Å². The topological polar surface area (TPSA) is 29.1 Å². The molecule has 1 aromatic carbocycles. The number of carbonyl (C=O) groups is 1. The van der Waals surface area contributed by atoms with Crippen LogP contribution in [0.2, 0.25) is 0 Å². The lowest BCUT2D eigenvalue weighted by Gasteiger charge is -2.08. The molecule has 2 nitrogen and oxygen atoms in total. The summed E-state index contributed by atoms with van der Waals surface area (Å²) in [6, 6.07) is 8.14. The molecular weight excluding hydrogens is 198 g/mol. The van der Waals surface area contributed by atoms with Gasteiger partial charge in [0.1, 0.15) is 5.78 Å². The van der Waals surface area contributed by atoms with Crippen molar-refractivity contribution < 1.29 is 4.79 Å². The molecule has 2 rings (SSSR count). The Balaban J connectivity index is 1.99. The predicted octanol–water partition coefficient (Wildman–Crippen LogP) is 3.35. The number of fused-ring (bicyclic) bond motifs is 1. The predicted molar refractivity (Wildman–Crippen MR) is 66.8 cm³/mol. The Morgan fingerprint density at radius 2 is 2.19 bits per heavy atom. The number of benzene rings is 1. The molecule has 1 aromatic rings. The first-order valence-electron chi connectivity index (χ1n) is 6.18. The minimum atomic E-state index is 0.0908. The number of anilines is 1. The quantitative estimate of drug-likeness (QED) is 0.766. The number of Topliss-reactive ketones (excluding diaryl/α,β-unsaturated/α-hetero) is 1. The zero-order valence-electron chi connectivity index (χ0n) is 9.83. The zero-order valence-corrected chi connectivity index (χ0v) is 9.83. The molecule has 0 saturated carbocycles. The second-order valence-electron chi connectivity index (χ2n) is 4.44. The SMILES string of the molecule is CCCCCC(=O)C1CNc2ccccc21. The summed E-state index contributed by atoms with van der Waals surface area (Å²) in [6.07, 6.45) is 4.10. The highest BCUT2D eigenvalue weighted by molar-refractivity contribution is 5.89. The molecule has 1 aliphatic rings. The van der Waals surface area contributed by atoms with Gasteiger partial charge in [-0.3, -0.25) is 4.79 Å². The summed E-state index contributed by atoms with van der Waals surface area (Å²) in [5, 5.41) is 3.30. The molecule has 16 heavy (non-hydrogen) atoms. The summed E-state index contributed by atoms with van der Waals surface area (Å²) < 4.78 is 0. The summed E-state index contributed by atoms with van der Waals surface area (Å²) >= 11 is 0. The van der Waals surface area contributed by atoms with E-state index >= 15 is 0 Å². The molecule has 0 radical (unpaired) electrons. The molecule has 0 aromatic heterocycles. The number of para-hydroxylation sites is 1. The molecule has 0 spiro atoms. The van der Waals surface area contributed by atoms with E-state index in [0.29, 0.717) is 5.78 Å². The van der Waals surface area contributed by atoms with Gasteiger partial charge in [-0.15, -0.1) is 0 Å². The van der Waals surface area contributed by atoms with Crippen LogP contribution in [0.25, 0.3) is 0 Å². The first-order valence-corrected chi connectivity index (χ1v) is 6.18. The van der Waals surface area contributed by atoms with Crippen molar-refractivity contribution in [3.05, 3.63) is 29.8 Å². The van der Waals surface area contributed by atoms with Crippen molar-refractivity contribution in [1.82, 2.24) is 0 Å². The number of hydrogen-bond donors (Lipinski definition) is 1. The van der Waals surface area contributed by atoms with Gasteiger partial charge in [-0.1, -0.05) is 38.0 Å². The maximum absolute atomic E-state index is 12.0. The molecule has 2 heteroatoms. The van der Waals surface area contributed by atoms with E-state index < -0.39 is 0 Å². The Bertz CT molecular complexity index is 373. The second kappa shape index (κ2) is 5.15. The van der Waals surface area contributed by atoms with Crippen molar-refractivity contribution in [3.63, 3.8) is 0 Å². The molecule has 1 N–H and O–H groups in total. The number of nitrogens with one attached hydrogen (secondary N) is 1. The van der Waals surface area contributed by atoms with E-state index in [1.807, 2.05) is 12.1 Å². The molecule has 0 bridgehead atoms. The fraction of sp³-hybridized carbons (Fsp3) is 0.500. The molecular formula is C14H19NO. The lowest BCUT2D eigenvalue weighted by molar-refractivity contribution is -0.120. The molecule has 0 amide bonds. The number of hydrogen-bond acceptors (Lipinski definition) is 2. The third-order valence-corrected chi connectivity index (χ3v) is 3.25. The maximum atomic E-state index is 12.0. The monoisotopic (exact) mass is 217 g/mol. The summed E-state index contributed by atoms with van der Waals surface area (Å²) in [7, 11) is 0. The lowest BCUT2D eigenvalue weighted by Crippen LogP contribution is -2.14. The van der Waals surface area contributed by atoms with Gasteiger partial charge in [-0.05, 0) is 18.1 Å². The van der Waals surface area contributed by atoms with Crippen LogP contribution >= 0.6 is 0 Å². The molecule has 1 heterocycles. The van der Waals surface area contributed by atoms with Gasteiger partial charge >= 0.3 is 0 Å². The van der Waals surface area contributed by atoms with E-state index in [1.165, 1.54) is 12.0 Å². The Morgan fingerprint density at radius 1 is 1.38 bits per heavy atom. The van der Waals surface area contributed by atoms with E-state index in [9.17, 15) is 4.79 Å². The minimum absolute atomic E-state index is 0.0908. The van der Waals surface area contributed by atoms with Gasteiger partial charge in [0.15, 0.2) is 0 Å². The van der Waals surface area contributed by atoms with Crippen LogP contribution in [0.3, 0.4) is 0 Å². The van der Waals surface area contributed by atoms with E-state index in [2.05, 4.69) is 24.4 Å². The smallest absolute Gasteiger partial charge is 0.142 e. The zero-order chi connectivity index (χ0) is 11.4. The standard InChI is InChI=1S/C14H19NO/c1-2-3-4-9-14(16)12-10-15-13-8-6-5-7-11(12)13/h5-8,12,15H,2-4,9-10H2,1H3. The highest BCUT2D eigenvalue weighted by Crippen LogP contribution is 2.32. The van der Waals surface area contributed by atoms with Crippen LogP contribution in [0.1, 0.15) is 44.1 Å². The minimum Gasteiger partial charge on any atom is -0.384 e. The van der Waals surface area contributed by atoms with Crippen molar-refractivity contribution in [2.75, 3.05) is 11.9 Å². The third-order valence-electron chi connectivity index (χ3n) is 3.25. The largest absolute Gasteiger partial charge is 0.384 e. The van der Waals surface area contributed by atoms with E-state index in [-0.39, 0.29) is 5.92 Å². The average Bonchev–Trinajstić information content (AvgIpc) is 2.73. The molecule has 0 aliphatic carbocycles. The number of carbonyl (C=O) groups excluding carboxylic acids is 1. The number of unbranched alkanes of at least 4 members (excludes halogenated alkanes) is 2. The molecule has 0 saturated heterocycles. The van der Waals surface area contributed by atoms with Crippen LogP contribution in [-0.2, 0) is 4.79 Å². The van der Waals surface area contributed by atoms with Crippen molar-refractivity contribution in [3.8, 4) is 0 Å². The van der Waals surface area contributed by atoms with E-state index in [0.717, 1.165) is 31.5 Å². The van der Waals surface area contributed by atoms with Crippen molar-refractivity contribution >= 4 is 11.5 Å². The summed E-state index contributed by atoms with van der Waals surface area (Å²) in [5.74, 6) is 0.485. The number of rotatable bonds is 5. The average molecular weight is 217 g/mol. The molecule has 1 atom stereocenters. The highest BCUT2D eigenvalue weighted by Gasteiger charge is 2.26. The van der Waals surface area contributed by atoms with Gasteiger partial charge in [0.05, 0.1) is 5.92 Å². The lowest BCUT2D eigenvalue weighted by atomic mass is 9.93. The van der Waals surface area contributed by atoms with Gasteiger partial charge < -0.3 is 5.32 Å². The highest BCUT2D eigenvalue weighted by atomic mass is 16.1. The van der Waals surface area contributed by atoms with Gasteiger partial charge in [-0.2, -0.15) is 0 Å². The van der Waals surface area contributed by atoms with Crippen LogP contribution < -0.4 is 5.32 Å². The first-order chi connectivity index (χ1) is 7.83. The van der Waals surface area contributed by atoms with Crippen LogP contribution in [0.15, 0.2) is 24.3 Å². The van der Waals surface area contributed by atoms with Crippen LogP contribution in [0.4, 0.5) is 5.69 Å². The van der Waals surface area contributed by atoms with Crippen molar-refractivity contribution in [2.24, 2.45) is 0 Å². The molecule has 0 fully saturated rings. The van der Waals surface area contributed by atoms with E-state index in [4.69, 9.17) is 0 Å². The molecule has 1 aliphatic heterocycles. The van der Waals surface area contributed by atoms with Gasteiger partial charge in [0.2, 0.25) is 0 Å². The first kappa shape index (κ1) is 11.2. The Morgan fingerprint density at radius 3 is 3.00 bits per heavy atom. The summed E-state index contributed by atoms with van der Waals surface area (Å²) in [4.78, 5) is 12.0. The van der Waals surface area contributed by atoms with Crippen molar-refractivity contribution in [1.29, 1.82) is 0 Å². The van der Waals surface area contributed by atoms with E-state index in [1.54, 1.807) is 0 Å². The summed E-state index contributed by atoms with van der Waals surface area (Å²) in [5.41, 5.74) is 2.32. The van der Waals surface area contributed by atoms with Crippen molar-refractivity contribution in [2.45, 2.75) is 38.5 Å². The summed E-state index contributed by atoms with van der Waals surface area (Å²) in [6.45, 7) is 2.95. The van der Waals surface area contributed by atoms with Crippen LogP contribution in [0, 0.1) is 0 Å². The third kappa shape index (κ3) is 2.26. The fourth-order valence-corrected chi connectivity index (χ4v) is 2.29. The Kier molecular flexibility index (Phi) is 3.60. The second-order valence-corrected chi connectivity index (χ2v) is 4.44. The van der Waals surface area contributed by atoms with Crippen LogP contribution in [0.5, 0.6) is 0 Å². The van der Waals surface area contributed by atoms with Gasteiger partial charge in [0, 0.05) is 18.7 Å². The Hall–Kier alpha value is -1.31. The normalized spacial score (nSPS) is 17.9. The maximum Gasteiger partial charge on any atom is 0.142 e. The molecule has 86 valence electrons. The Labute approximate surface area is 97.1 Å². The fourth-order valence-electron chi connectivity index (χ4n) is 2.29. The van der Waals surface area contributed by atoms with Crippen LogP contribution in [-0.4, -0.2) is 12.3 Å².